The highest BCUT2D eigenvalue weighted by molar-refractivity contribution is 6.30. The number of halogens is 2. The van der Waals surface area contributed by atoms with Crippen molar-refractivity contribution in [3.63, 3.8) is 0 Å². The first kappa shape index (κ1) is 22.7. The van der Waals surface area contributed by atoms with E-state index in [1.165, 1.54) is 30.9 Å². The first-order chi connectivity index (χ1) is 11.1. The molecule has 1 fully saturated rings. The number of allylic oxidation sites excluding steroid dienone is 3. The van der Waals surface area contributed by atoms with Crippen molar-refractivity contribution >= 4 is 11.6 Å². The van der Waals surface area contributed by atoms with Gasteiger partial charge in [-0.15, -0.1) is 6.58 Å². The molecule has 1 aliphatic rings. The van der Waals surface area contributed by atoms with E-state index in [0.717, 1.165) is 18.4 Å². The molecule has 1 N–H and O–H groups in total. The smallest absolute Gasteiger partial charge is 0.127 e. The molecular formula is C21H32ClFO. The van der Waals surface area contributed by atoms with Crippen molar-refractivity contribution in [2.24, 2.45) is 0 Å². The molecule has 0 aromatic heterocycles. The zero-order chi connectivity index (χ0) is 18.8. The minimum atomic E-state index is -0.108. The molecule has 1 aromatic carbocycles. The van der Waals surface area contributed by atoms with Gasteiger partial charge in [-0.2, -0.15) is 0 Å². The van der Waals surface area contributed by atoms with Crippen LogP contribution in [-0.2, 0) is 5.41 Å². The molecular weight excluding hydrogens is 323 g/mol. The Hall–Kier alpha value is -1.28. The molecule has 0 bridgehead atoms. The van der Waals surface area contributed by atoms with E-state index in [9.17, 15) is 4.39 Å². The van der Waals surface area contributed by atoms with Crippen LogP contribution in [-0.4, -0.2) is 5.11 Å². The van der Waals surface area contributed by atoms with Crippen LogP contribution in [0.25, 0.3) is 0 Å². The van der Waals surface area contributed by atoms with Crippen LogP contribution < -0.4 is 0 Å². The number of rotatable bonds is 1. The van der Waals surface area contributed by atoms with E-state index in [0.29, 0.717) is 10.8 Å². The van der Waals surface area contributed by atoms with Crippen molar-refractivity contribution < 1.29 is 9.50 Å². The van der Waals surface area contributed by atoms with Crippen LogP contribution in [0.5, 0.6) is 0 Å². The molecule has 0 unspecified atom stereocenters. The van der Waals surface area contributed by atoms with Crippen molar-refractivity contribution in [1.29, 1.82) is 0 Å². The summed E-state index contributed by atoms with van der Waals surface area (Å²) >= 11 is 5.93. The van der Waals surface area contributed by atoms with Crippen LogP contribution in [0.4, 0.5) is 4.39 Å². The summed E-state index contributed by atoms with van der Waals surface area (Å²) in [4.78, 5) is 0. The molecule has 0 aliphatic heterocycles. The lowest BCUT2D eigenvalue weighted by atomic mass is 9.71. The van der Waals surface area contributed by atoms with E-state index in [1.54, 1.807) is 32.1 Å². The topological polar surface area (TPSA) is 20.2 Å². The third-order valence-electron chi connectivity index (χ3n) is 3.95. The van der Waals surface area contributed by atoms with Crippen LogP contribution >= 0.6 is 11.6 Å². The van der Waals surface area contributed by atoms with Gasteiger partial charge in [0.15, 0.2) is 0 Å². The summed E-state index contributed by atoms with van der Waals surface area (Å²) in [6.07, 6.45) is 7.46. The molecule has 3 heteroatoms. The Morgan fingerprint density at radius 3 is 2.08 bits per heavy atom. The molecule has 1 saturated carbocycles. The Labute approximate surface area is 152 Å². The average Bonchev–Trinajstić information content (AvgIpc) is 2.50. The molecule has 0 atom stereocenters. The summed E-state index contributed by atoms with van der Waals surface area (Å²) in [6, 6.07) is 4.90. The zero-order valence-electron chi connectivity index (χ0n) is 15.8. The first-order valence-corrected chi connectivity index (χ1v) is 8.89. The molecule has 1 aliphatic carbocycles. The summed E-state index contributed by atoms with van der Waals surface area (Å²) in [5.41, 5.74) is 1.96. The van der Waals surface area contributed by atoms with Crippen LogP contribution in [0.1, 0.15) is 72.3 Å². The van der Waals surface area contributed by atoms with Gasteiger partial charge in [0.25, 0.3) is 0 Å². The highest BCUT2D eigenvalue weighted by Gasteiger charge is 2.31. The van der Waals surface area contributed by atoms with E-state index >= 15 is 0 Å². The normalized spacial score (nSPS) is 16.2. The molecule has 24 heavy (non-hydrogen) atoms. The molecule has 2 rings (SSSR count). The van der Waals surface area contributed by atoms with E-state index in [2.05, 4.69) is 13.5 Å². The molecule has 0 radical (unpaired) electrons. The largest absolute Gasteiger partial charge is 0.513 e. The van der Waals surface area contributed by atoms with E-state index in [-0.39, 0.29) is 11.2 Å². The summed E-state index contributed by atoms with van der Waals surface area (Å²) in [5, 5.41) is 8.86. The zero-order valence-corrected chi connectivity index (χ0v) is 16.5. The molecule has 0 amide bonds. The Balaban J connectivity index is 0.000000492. The van der Waals surface area contributed by atoms with Crippen molar-refractivity contribution in [1.82, 2.24) is 0 Å². The maximum Gasteiger partial charge on any atom is 0.127 e. The summed E-state index contributed by atoms with van der Waals surface area (Å²) in [5.74, 6) is 0.272. The minimum absolute atomic E-state index is 0.00671. The predicted octanol–water partition coefficient (Wildman–Crippen LogP) is 7.75. The van der Waals surface area contributed by atoms with Crippen molar-refractivity contribution in [3.05, 3.63) is 58.6 Å². The van der Waals surface area contributed by atoms with Gasteiger partial charge in [0.2, 0.25) is 0 Å². The van der Waals surface area contributed by atoms with Gasteiger partial charge in [-0.05, 0) is 69.7 Å². The van der Waals surface area contributed by atoms with Crippen molar-refractivity contribution in [2.45, 2.75) is 72.1 Å². The van der Waals surface area contributed by atoms with Gasteiger partial charge in [0.1, 0.15) is 5.82 Å². The van der Waals surface area contributed by atoms with Crippen LogP contribution in [0.2, 0.25) is 5.02 Å². The summed E-state index contributed by atoms with van der Waals surface area (Å²) in [6.45, 7) is 13.1. The second-order valence-corrected chi connectivity index (χ2v) is 7.32. The molecule has 0 spiro atoms. The second-order valence-electron chi connectivity index (χ2n) is 6.88. The lowest BCUT2D eigenvalue weighted by Crippen LogP contribution is -2.26. The van der Waals surface area contributed by atoms with Gasteiger partial charge < -0.3 is 5.11 Å². The van der Waals surface area contributed by atoms with Gasteiger partial charge in [0.05, 0.1) is 5.76 Å². The van der Waals surface area contributed by atoms with Crippen molar-refractivity contribution in [2.75, 3.05) is 0 Å². The molecule has 136 valence electrons. The lowest BCUT2D eigenvalue weighted by molar-refractivity contribution is 0.309. The number of aliphatic hydroxyl groups excluding tert-OH is 1. The molecule has 1 aromatic rings. The first-order valence-electron chi connectivity index (χ1n) is 8.52. The van der Waals surface area contributed by atoms with Crippen LogP contribution in [0.15, 0.2) is 42.2 Å². The number of hydrogen-bond donors (Lipinski definition) is 1. The van der Waals surface area contributed by atoms with Gasteiger partial charge in [-0.1, -0.05) is 49.4 Å². The van der Waals surface area contributed by atoms with E-state index in [4.69, 9.17) is 16.7 Å². The van der Waals surface area contributed by atoms with Crippen molar-refractivity contribution in [3.8, 4) is 0 Å². The second kappa shape index (κ2) is 11.3. The predicted molar refractivity (Wildman–Crippen MR) is 104 cm³/mol. The minimum Gasteiger partial charge on any atom is -0.513 e. The molecule has 1 nitrogen and oxygen atoms in total. The monoisotopic (exact) mass is 354 g/mol. The fourth-order valence-corrected chi connectivity index (χ4v) is 2.73. The fraction of sp³-hybridized carbons (Fsp3) is 0.524. The van der Waals surface area contributed by atoms with Gasteiger partial charge in [-0.3, -0.25) is 0 Å². The van der Waals surface area contributed by atoms with Gasteiger partial charge in [-0.25, -0.2) is 4.39 Å². The Morgan fingerprint density at radius 2 is 1.67 bits per heavy atom. The standard InChI is InChI=1S/C13H16ClF.C4H8O.C4H8/c1-13(7-3-2-4-8-13)11-9-10(14)5-6-12(11)15;1-3-4(2)5;1-4(2)3/h5-6,9H,2-4,7-8H2,1H3;3,5H,1-2H3;1H2,2-3H3/b;4-3+;. The maximum absolute atomic E-state index is 13.7. The van der Waals surface area contributed by atoms with Crippen LogP contribution in [0.3, 0.4) is 0 Å². The number of hydrogen-bond acceptors (Lipinski definition) is 1. The summed E-state index contributed by atoms with van der Waals surface area (Å²) < 4.78 is 13.7. The SMILES string of the molecule is C/C=C(\C)O.C=C(C)C.CC1(c2cc(Cl)ccc2F)CCCCC1. The number of benzene rings is 1. The highest BCUT2D eigenvalue weighted by Crippen LogP contribution is 2.40. The molecule has 0 saturated heterocycles. The Bertz CT molecular complexity index is 535. The Kier molecular flexibility index (Phi) is 10.7. The van der Waals surface area contributed by atoms with E-state index < -0.39 is 0 Å². The maximum atomic E-state index is 13.7. The molecule has 0 heterocycles. The van der Waals surface area contributed by atoms with E-state index in [1.807, 2.05) is 13.8 Å². The third kappa shape index (κ3) is 9.12. The summed E-state index contributed by atoms with van der Waals surface area (Å²) in [7, 11) is 0. The highest BCUT2D eigenvalue weighted by atomic mass is 35.5. The third-order valence-corrected chi connectivity index (χ3v) is 4.19. The quantitative estimate of drug-likeness (QED) is 0.403. The van der Waals surface area contributed by atoms with Gasteiger partial charge in [0, 0.05) is 5.02 Å². The fourth-order valence-electron chi connectivity index (χ4n) is 2.56. The van der Waals surface area contributed by atoms with Gasteiger partial charge >= 0.3 is 0 Å². The average molecular weight is 355 g/mol. The Morgan fingerprint density at radius 1 is 1.21 bits per heavy atom. The number of aliphatic hydroxyl groups is 1. The van der Waals surface area contributed by atoms with Crippen LogP contribution in [0, 0.1) is 5.82 Å². The lowest BCUT2D eigenvalue weighted by Gasteiger charge is -2.34.